The summed E-state index contributed by atoms with van der Waals surface area (Å²) < 4.78 is 2.47. The van der Waals surface area contributed by atoms with Crippen LogP contribution in [0.3, 0.4) is 0 Å². The maximum atomic E-state index is 5.64. The van der Waals surface area contributed by atoms with Crippen molar-refractivity contribution in [3.63, 3.8) is 0 Å². The van der Waals surface area contributed by atoms with Crippen molar-refractivity contribution < 1.29 is 0 Å². The highest BCUT2D eigenvalue weighted by atomic mass is 32.1. The van der Waals surface area contributed by atoms with Crippen LogP contribution in [0.4, 0.5) is 0 Å². The standard InChI is InChI=1S/C16H10S4/c17-13-9-5-1-3-7-11(9)19-15(13)16-14(18)10-6-2-4-8-12(10)20-16/h1-8,17-18H/p-2. The molecule has 98 valence electrons. The minimum Gasteiger partial charge on any atom is -0.778 e. The second-order valence-electron chi connectivity index (χ2n) is 4.51. The first kappa shape index (κ1) is 12.5. The van der Waals surface area contributed by atoms with E-state index in [-0.39, 0.29) is 0 Å². The summed E-state index contributed by atoms with van der Waals surface area (Å²) in [5.41, 5.74) is 0. The minimum absolute atomic E-state index is 0.934. The fourth-order valence-electron chi connectivity index (χ4n) is 2.34. The average Bonchev–Trinajstić information content (AvgIpc) is 2.98. The molecule has 2 heterocycles. The molecular formula is C16H8S4-2. The minimum atomic E-state index is 0.934. The number of fused-ring (bicyclic) bond motifs is 2. The smallest absolute Gasteiger partial charge is 0.0334 e. The van der Waals surface area contributed by atoms with Gasteiger partial charge in [-0.1, -0.05) is 36.4 Å². The van der Waals surface area contributed by atoms with Gasteiger partial charge in [-0.2, -0.15) is 0 Å². The maximum Gasteiger partial charge on any atom is 0.0334 e. The van der Waals surface area contributed by atoms with Gasteiger partial charge < -0.3 is 25.3 Å². The lowest BCUT2D eigenvalue weighted by Gasteiger charge is -2.12. The van der Waals surface area contributed by atoms with E-state index in [0.29, 0.717) is 0 Å². The Labute approximate surface area is 135 Å². The molecule has 20 heavy (non-hydrogen) atoms. The zero-order chi connectivity index (χ0) is 13.7. The van der Waals surface area contributed by atoms with Crippen molar-refractivity contribution in [1.82, 2.24) is 0 Å². The predicted molar refractivity (Wildman–Crippen MR) is 93.9 cm³/mol. The monoisotopic (exact) mass is 328 g/mol. The Bertz CT molecular complexity index is 852. The second kappa shape index (κ2) is 4.67. The number of benzene rings is 2. The van der Waals surface area contributed by atoms with E-state index >= 15 is 0 Å². The lowest BCUT2D eigenvalue weighted by Crippen LogP contribution is -1.74. The van der Waals surface area contributed by atoms with Crippen LogP contribution in [0, 0.1) is 0 Å². The Hall–Kier alpha value is -1.20. The van der Waals surface area contributed by atoms with Crippen LogP contribution < -0.4 is 0 Å². The van der Waals surface area contributed by atoms with E-state index in [1.807, 2.05) is 12.1 Å². The van der Waals surface area contributed by atoms with Crippen LogP contribution in [0.25, 0.3) is 29.9 Å². The van der Waals surface area contributed by atoms with Crippen molar-refractivity contribution in [1.29, 1.82) is 0 Å². The molecule has 0 amide bonds. The summed E-state index contributed by atoms with van der Waals surface area (Å²) in [6.45, 7) is 0. The van der Waals surface area contributed by atoms with Crippen LogP contribution in [0.1, 0.15) is 0 Å². The molecule has 0 bridgehead atoms. The molecule has 2 aromatic heterocycles. The predicted octanol–water partition coefficient (Wildman–Crippen LogP) is 5.59. The van der Waals surface area contributed by atoms with E-state index in [0.717, 1.165) is 30.3 Å². The van der Waals surface area contributed by atoms with E-state index in [1.54, 1.807) is 22.7 Å². The van der Waals surface area contributed by atoms with Crippen molar-refractivity contribution >= 4 is 68.1 Å². The quantitative estimate of drug-likeness (QED) is 0.417. The van der Waals surface area contributed by atoms with E-state index in [2.05, 4.69) is 36.4 Å². The molecule has 0 nitrogen and oxygen atoms in total. The Balaban J connectivity index is 2.06. The van der Waals surface area contributed by atoms with Crippen LogP contribution in [0.2, 0.25) is 0 Å². The SMILES string of the molecule is [S-]c1c(-c2sc3ccccc3c2[S-])sc2ccccc12. The molecule has 0 aliphatic heterocycles. The fourth-order valence-corrected chi connectivity index (χ4v) is 5.75. The Morgan fingerprint density at radius 3 is 1.40 bits per heavy atom. The lowest BCUT2D eigenvalue weighted by atomic mass is 10.2. The number of hydrogen-bond acceptors (Lipinski definition) is 4. The molecule has 0 aliphatic rings. The van der Waals surface area contributed by atoms with Gasteiger partial charge in [0.15, 0.2) is 0 Å². The molecule has 0 N–H and O–H groups in total. The summed E-state index contributed by atoms with van der Waals surface area (Å²) in [7, 11) is 0. The van der Waals surface area contributed by atoms with Crippen molar-refractivity contribution in [3.05, 3.63) is 48.5 Å². The molecule has 4 rings (SSSR count). The summed E-state index contributed by atoms with van der Waals surface area (Å²) in [5, 5.41) is 2.32. The first-order valence-corrected chi connectivity index (χ1v) is 8.58. The summed E-state index contributed by atoms with van der Waals surface area (Å²) in [6.07, 6.45) is 0. The highest BCUT2D eigenvalue weighted by molar-refractivity contribution is 7.61. The maximum absolute atomic E-state index is 5.64. The molecular weight excluding hydrogens is 320 g/mol. The van der Waals surface area contributed by atoms with E-state index < -0.39 is 0 Å². The molecule has 4 heteroatoms. The molecule has 0 radical (unpaired) electrons. The first-order valence-electron chi connectivity index (χ1n) is 6.13. The summed E-state index contributed by atoms with van der Waals surface area (Å²) in [4.78, 5) is 4.16. The number of rotatable bonds is 1. The van der Waals surface area contributed by atoms with Crippen molar-refractivity contribution in [2.75, 3.05) is 0 Å². The summed E-state index contributed by atoms with van der Waals surface area (Å²) >= 11 is 14.8. The molecule has 0 unspecified atom stereocenters. The second-order valence-corrected chi connectivity index (χ2v) is 7.43. The van der Waals surface area contributed by atoms with Crippen LogP contribution in [-0.2, 0) is 25.3 Å². The van der Waals surface area contributed by atoms with Crippen molar-refractivity contribution in [2.45, 2.75) is 9.79 Å². The van der Waals surface area contributed by atoms with E-state index in [4.69, 9.17) is 25.3 Å². The zero-order valence-corrected chi connectivity index (χ0v) is 13.5. The molecule has 0 spiro atoms. The zero-order valence-electron chi connectivity index (χ0n) is 10.3. The molecule has 0 aliphatic carbocycles. The van der Waals surface area contributed by atoms with Crippen molar-refractivity contribution in [2.24, 2.45) is 0 Å². The van der Waals surface area contributed by atoms with Gasteiger partial charge in [-0.05, 0) is 22.9 Å². The normalized spacial score (nSPS) is 11.4. The van der Waals surface area contributed by atoms with Gasteiger partial charge in [0.25, 0.3) is 0 Å². The van der Waals surface area contributed by atoms with Gasteiger partial charge in [0, 0.05) is 19.2 Å². The third-order valence-electron chi connectivity index (χ3n) is 3.31. The van der Waals surface area contributed by atoms with Gasteiger partial charge in [-0.25, -0.2) is 0 Å². The van der Waals surface area contributed by atoms with Gasteiger partial charge in [0.2, 0.25) is 0 Å². The van der Waals surface area contributed by atoms with Crippen LogP contribution >= 0.6 is 22.7 Å². The molecule has 0 atom stereocenters. The molecule has 2 aromatic carbocycles. The highest BCUT2D eigenvalue weighted by Gasteiger charge is 2.10. The number of hydrogen-bond donors (Lipinski definition) is 0. The Morgan fingerprint density at radius 2 is 1.00 bits per heavy atom. The van der Waals surface area contributed by atoms with Crippen molar-refractivity contribution in [3.8, 4) is 9.75 Å². The van der Waals surface area contributed by atoms with E-state index in [9.17, 15) is 0 Å². The van der Waals surface area contributed by atoms with Gasteiger partial charge in [-0.15, -0.1) is 32.5 Å². The molecule has 0 saturated carbocycles. The van der Waals surface area contributed by atoms with Crippen LogP contribution in [-0.4, -0.2) is 0 Å². The van der Waals surface area contributed by atoms with Gasteiger partial charge in [-0.3, -0.25) is 0 Å². The van der Waals surface area contributed by atoms with Crippen LogP contribution in [0.15, 0.2) is 58.3 Å². The Kier molecular flexibility index (Phi) is 2.93. The fraction of sp³-hybridized carbons (Fsp3) is 0. The molecule has 0 saturated heterocycles. The first-order chi connectivity index (χ1) is 9.75. The lowest BCUT2D eigenvalue weighted by molar-refractivity contribution is 1.60. The largest absolute Gasteiger partial charge is 0.778 e. The van der Waals surface area contributed by atoms with Crippen LogP contribution in [0.5, 0.6) is 0 Å². The van der Waals surface area contributed by atoms with Gasteiger partial charge in [0.05, 0.1) is 0 Å². The molecule has 4 aromatic rings. The van der Waals surface area contributed by atoms with Gasteiger partial charge in [0.1, 0.15) is 0 Å². The summed E-state index contributed by atoms with van der Waals surface area (Å²) in [6, 6.07) is 16.6. The topological polar surface area (TPSA) is 0 Å². The summed E-state index contributed by atoms with van der Waals surface area (Å²) in [5.74, 6) is 0. The third kappa shape index (κ3) is 1.76. The highest BCUT2D eigenvalue weighted by Crippen LogP contribution is 2.45. The van der Waals surface area contributed by atoms with E-state index in [1.165, 1.54) is 9.40 Å². The number of thiophene rings is 2. The molecule has 0 fully saturated rings. The third-order valence-corrected chi connectivity index (χ3v) is 6.92. The average molecular weight is 329 g/mol. The Morgan fingerprint density at radius 1 is 0.600 bits per heavy atom. The van der Waals surface area contributed by atoms with Gasteiger partial charge >= 0.3 is 0 Å².